The number of nitrogens with zero attached hydrogens (tertiary/aromatic N) is 1. The van der Waals surface area contributed by atoms with Crippen molar-refractivity contribution in [3.63, 3.8) is 0 Å². The van der Waals surface area contributed by atoms with E-state index in [-0.39, 0.29) is 11.8 Å². The number of thiocarbonyl (C=S) groups is 1. The lowest BCUT2D eigenvalue weighted by molar-refractivity contribution is 0.101. The van der Waals surface area contributed by atoms with Crippen LogP contribution in [0.2, 0.25) is 0 Å². The van der Waals surface area contributed by atoms with Gasteiger partial charge in [0.2, 0.25) is 0 Å². The molecular weight excluding hydrogens is 360 g/mol. The summed E-state index contributed by atoms with van der Waals surface area (Å²) in [6.07, 6.45) is 2.13. The van der Waals surface area contributed by atoms with Crippen molar-refractivity contribution in [2.75, 3.05) is 25.1 Å². The fourth-order valence-corrected chi connectivity index (χ4v) is 3.94. The van der Waals surface area contributed by atoms with Crippen LogP contribution in [0.3, 0.4) is 0 Å². The number of carbonyl (C=O) groups excluding carboxylic acids is 1. The van der Waals surface area contributed by atoms with E-state index in [0.717, 1.165) is 36.6 Å². The van der Waals surface area contributed by atoms with Crippen LogP contribution in [0.1, 0.15) is 41.7 Å². The van der Waals surface area contributed by atoms with Gasteiger partial charge in [0.1, 0.15) is 13.2 Å². The van der Waals surface area contributed by atoms with Crippen LogP contribution in [0, 0.1) is 0 Å². The second-order valence-corrected chi connectivity index (χ2v) is 7.20. The largest absolute Gasteiger partial charge is 0.486 e. The maximum atomic E-state index is 11.4. The maximum Gasteiger partial charge on any atom is 0.173 e. The minimum atomic E-state index is 0.0577. The highest BCUT2D eigenvalue weighted by Gasteiger charge is 2.29. The normalized spacial score (nSPS) is 18.3. The van der Waals surface area contributed by atoms with Crippen LogP contribution in [0.5, 0.6) is 11.5 Å². The molecule has 0 saturated carbocycles. The van der Waals surface area contributed by atoms with Crippen LogP contribution in [-0.2, 0) is 0 Å². The minimum absolute atomic E-state index is 0.0577. The molecule has 6 heteroatoms. The zero-order valence-electron chi connectivity index (χ0n) is 15.2. The number of ether oxygens (including phenoxy) is 2. The highest BCUT2D eigenvalue weighted by Crippen LogP contribution is 2.38. The Morgan fingerprint density at radius 3 is 2.59 bits per heavy atom. The topological polar surface area (TPSA) is 50.8 Å². The van der Waals surface area contributed by atoms with Crippen LogP contribution < -0.4 is 14.8 Å². The first-order valence-electron chi connectivity index (χ1n) is 9.20. The van der Waals surface area contributed by atoms with Crippen LogP contribution in [0.25, 0.3) is 0 Å². The Kier molecular flexibility index (Phi) is 4.99. The number of benzene rings is 2. The van der Waals surface area contributed by atoms with Gasteiger partial charge in [0.25, 0.3) is 0 Å². The molecule has 0 bridgehead atoms. The van der Waals surface area contributed by atoms with E-state index in [1.807, 2.05) is 30.3 Å². The van der Waals surface area contributed by atoms with E-state index in [1.165, 1.54) is 5.56 Å². The third-order valence-corrected chi connectivity index (χ3v) is 5.34. The van der Waals surface area contributed by atoms with E-state index in [2.05, 4.69) is 22.3 Å². The van der Waals surface area contributed by atoms with E-state index in [4.69, 9.17) is 21.7 Å². The summed E-state index contributed by atoms with van der Waals surface area (Å²) in [4.78, 5) is 13.6. The van der Waals surface area contributed by atoms with Crippen LogP contribution in [0.4, 0.5) is 5.69 Å². The van der Waals surface area contributed by atoms with E-state index in [0.29, 0.717) is 23.9 Å². The molecule has 2 aliphatic rings. The number of nitrogens with one attached hydrogen (secondary N) is 1. The number of likely N-dealkylation sites (tertiary alicyclic amines) is 1. The Labute approximate surface area is 164 Å². The second-order valence-electron chi connectivity index (χ2n) is 6.82. The molecule has 0 aromatic heterocycles. The number of ketones is 1. The van der Waals surface area contributed by atoms with Gasteiger partial charge in [-0.1, -0.05) is 6.07 Å². The first kappa shape index (κ1) is 17.8. The minimum Gasteiger partial charge on any atom is -0.486 e. The van der Waals surface area contributed by atoms with Crippen molar-refractivity contribution in [2.24, 2.45) is 0 Å². The summed E-state index contributed by atoms with van der Waals surface area (Å²) in [7, 11) is 0. The van der Waals surface area contributed by atoms with Crippen LogP contribution in [-0.4, -0.2) is 35.6 Å². The summed E-state index contributed by atoms with van der Waals surface area (Å²) < 4.78 is 11.3. The number of anilines is 1. The third kappa shape index (κ3) is 3.76. The molecule has 2 aromatic carbocycles. The van der Waals surface area contributed by atoms with Gasteiger partial charge in [-0.25, -0.2) is 0 Å². The molecule has 1 fully saturated rings. The smallest absolute Gasteiger partial charge is 0.173 e. The van der Waals surface area contributed by atoms with E-state index in [1.54, 1.807) is 6.92 Å². The van der Waals surface area contributed by atoms with E-state index < -0.39 is 0 Å². The molecule has 1 saturated heterocycles. The first-order chi connectivity index (χ1) is 13.1. The van der Waals surface area contributed by atoms with Crippen molar-refractivity contribution in [3.05, 3.63) is 53.6 Å². The fraction of sp³-hybridized carbons (Fsp3) is 0.333. The number of hydrogen-bond donors (Lipinski definition) is 1. The average Bonchev–Trinajstić information content (AvgIpc) is 3.18. The molecule has 2 heterocycles. The Bertz CT molecular complexity index is 866. The number of carbonyl (C=O) groups is 1. The molecule has 0 radical (unpaired) electrons. The molecule has 0 spiro atoms. The van der Waals surface area contributed by atoms with Gasteiger partial charge in [-0.05, 0) is 73.9 Å². The molecule has 27 heavy (non-hydrogen) atoms. The van der Waals surface area contributed by atoms with Gasteiger partial charge in [-0.2, -0.15) is 0 Å². The highest BCUT2D eigenvalue weighted by atomic mass is 32.1. The second kappa shape index (κ2) is 7.56. The Morgan fingerprint density at radius 2 is 1.85 bits per heavy atom. The lowest BCUT2D eigenvalue weighted by Crippen LogP contribution is -2.34. The summed E-state index contributed by atoms with van der Waals surface area (Å²) >= 11 is 5.67. The molecule has 2 aliphatic heterocycles. The van der Waals surface area contributed by atoms with E-state index >= 15 is 0 Å². The molecule has 1 N–H and O–H groups in total. The number of hydrogen-bond acceptors (Lipinski definition) is 4. The van der Waals surface area contributed by atoms with Gasteiger partial charge in [0.05, 0.1) is 6.04 Å². The van der Waals surface area contributed by atoms with Crippen molar-refractivity contribution < 1.29 is 14.3 Å². The molecule has 4 rings (SSSR count). The number of Topliss-reactive ketones (excluding diaryl/α,β-unsaturated/α-hetero) is 1. The summed E-state index contributed by atoms with van der Waals surface area (Å²) in [6.45, 7) is 3.66. The van der Waals surface area contributed by atoms with Crippen molar-refractivity contribution in [1.29, 1.82) is 0 Å². The van der Waals surface area contributed by atoms with Crippen molar-refractivity contribution in [2.45, 2.75) is 25.8 Å². The Morgan fingerprint density at radius 1 is 1.11 bits per heavy atom. The predicted octanol–water partition coefficient (Wildman–Crippen LogP) is 4.19. The summed E-state index contributed by atoms with van der Waals surface area (Å²) in [5.41, 5.74) is 2.77. The van der Waals surface area contributed by atoms with Gasteiger partial charge >= 0.3 is 0 Å². The van der Waals surface area contributed by atoms with Gasteiger partial charge in [0, 0.05) is 17.8 Å². The van der Waals surface area contributed by atoms with Gasteiger partial charge in [-0.15, -0.1) is 0 Å². The SMILES string of the molecule is CC(=O)c1ccc(NC(=S)N2CCC[C@H]2c2ccc3c(c2)OCCO3)cc1. The predicted molar refractivity (Wildman–Crippen MR) is 109 cm³/mol. The van der Waals surface area contributed by atoms with Gasteiger partial charge in [0.15, 0.2) is 22.4 Å². The van der Waals surface area contributed by atoms with Crippen molar-refractivity contribution in [1.82, 2.24) is 4.90 Å². The van der Waals surface area contributed by atoms with Crippen molar-refractivity contribution in [3.8, 4) is 11.5 Å². The monoisotopic (exact) mass is 382 g/mol. The summed E-state index contributed by atoms with van der Waals surface area (Å²) in [6, 6.07) is 13.8. The molecule has 0 unspecified atom stereocenters. The van der Waals surface area contributed by atoms with Crippen molar-refractivity contribution >= 4 is 28.8 Å². The number of rotatable bonds is 3. The standard InChI is InChI=1S/C21H22N2O3S/c1-14(24)15-4-7-17(8-5-15)22-21(27)23-10-2-3-18(23)16-6-9-19-20(13-16)26-12-11-25-19/h4-9,13,18H,2-3,10-12H2,1H3,(H,22,27)/t18-/m0/s1. The quantitative estimate of drug-likeness (QED) is 0.634. The van der Waals surface area contributed by atoms with Crippen LogP contribution >= 0.6 is 12.2 Å². The Hall–Kier alpha value is -2.60. The molecule has 0 aliphatic carbocycles. The van der Waals surface area contributed by atoms with Crippen LogP contribution in [0.15, 0.2) is 42.5 Å². The average molecular weight is 382 g/mol. The first-order valence-corrected chi connectivity index (χ1v) is 9.61. The Balaban J connectivity index is 1.49. The molecule has 0 amide bonds. The lowest BCUT2D eigenvalue weighted by atomic mass is 10.0. The summed E-state index contributed by atoms with van der Waals surface area (Å²) in [5.74, 6) is 1.67. The van der Waals surface area contributed by atoms with Gasteiger partial charge in [-0.3, -0.25) is 4.79 Å². The number of fused-ring (bicyclic) bond motifs is 1. The fourth-order valence-electron chi connectivity index (χ4n) is 3.61. The molecular formula is C21H22N2O3S. The van der Waals surface area contributed by atoms with E-state index in [9.17, 15) is 4.79 Å². The zero-order chi connectivity index (χ0) is 18.8. The molecule has 1 atom stereocenters. The highest BCUT2D eigenvalue weighted by molar-refractivity contribution is 7.80. The maximum absolute atomic E-state index is 11.4. The molecule has 140 valence electrons. The summed E-state index contributed by atoms with van der Waals surface area (Å²) in [5, 5.41) is 4.00. The third-order valence-electron chi connectivity index (χ3n) is 5.01. The lowest BCUT2D eigenvalue weighted by Gasteiger charge is -2.29. The molecule has 5 nitrogen and oxygen atoms in total. The van der Waals surface area contributed by atoms with Gasteiger partial charge < -0.3 is 19.7 Å². The zero-order valence-corrected chi connectivity index (χ0v) is 16.1. The molecule has 2 aromatic rings.